The largest absolute Gasteiger partial charge is 0.377 e. The van der Waals surface area contributed by atoms with Gasteiger partial charge in [0.15, 0.2) is 0 Å². The monoisotopic (exact) mass is 319 g/mol. The number of nitrogens with one attached hydrogen (secondary N) is 2. The van der Waals surface area contributed by atoms with E-state index in [4.69, 9.17) is 5.41 Å². The van der Waals surface area contributed by atoms with E-state index in [1.165, 1.54) is 6.21 Å². The molecule has 2 N–H and O–H groups in total. The molecule has 0 spiro atoms. The quantitative estimate of drug-likeness (QED) is 0.608. The van der Waals surface area contributed by atoms with Crippen molar-refractivity contribution >= 4 is 32.7 Å². The minimum atomic E-state index is -3.55. The number of benzene rings is 2. The zero-order valence-corrected chi connectivity index (χ0v) is 13.7. The molecule has 22 heavy (non-hydrogen) atoms. The molecule has 0 atom stereocenters. The number of nitrogens with zero attached hydrogens (tertiary/aromatic N) is 1. The van der Waals surface area contributed by atoms with Crippen LogP contribution in [0, 0.1) is 5.41 Å². The molecule has 0 unspecified atom stereocenters. The normalized spacial score (nSPS) is 11.5. The second-order valence-corrected chi connectivity index (χ2v) is 7.00. The van der Waals surface area contributed by atoms with Gasteiger partial charge in [-0.3, -0.25) is 0 Å². The van der Waals surface area contributed by atoms with Gasteiger partial charge in [0, 0.05) is 37.1 Å². The molecule has 6 heteroatoms. The van der Waals surface area contributed by atoms with Crippen LogP contribution in [-0.4, -0.2) is 35.3 Å². The maximum absolute atomic E-state index is 12.5. The van der Waals surface area contributed by atoms with Crippen molar-refractivity contribution in [1.29, 1.82) is 5.41 Å². The molecule has 0 radical (unpaired) electrons. The second kappa shape index (κ2) is 6.89. The summed E-state index contributed by atoms with van der Waals surface area (Å²) in [6.45, 7) is 0.335. The number of anilines is 1. The van der Waals surface area contributed by atoms with Gasteiger partial charge < -0.3 is 10.3 Å². The van der Waals surface area contributed by atoms with E-state index < -0.39 is 10.0 Å². The Kier molecular flexibility index (Phi) is 5.15. The molecular formula is C16H21N3O2S. The molecule has 2 rings (SSSR count). The Morgan fingerprint density at radius 3 is 2.50 bits per heavy atom. The van der Waals surface area contributed by atoms with Crippen LogP contribution in [-0.2, 0) is 10.0 Å². The molecule has 0 amide bonds. The van der Waals surface area contributed by atoms with E-state index in [2.05, 4.69) is 4.72 Å². The van der Waals surface area contributed by atoms with Gasteiger partial charge in [0.1, 0.15) is 0 Å². The van der Waals surface area contributed by atoms with Gasteiger partial charge in [-0.05, 0) is 31.2 Å². The van der Waals surface area contributed by atoms with Crippen LogP contribution in [0.5, 0.6) is 0 Å². The van der Waals surface area contributed by atoms with E-state index in [9.17, 15) is 8.42 Å². The fourth-order valence-electron chi connectivity index (χ4n) is 2.38. The van der Waals surface area contributed by atoms with Crippen molar-refractivity contribution < 1.29 is 8.42 Å². The molecule has 118 valence electrons. The summed E-state index contributed by atoms with van der Waals surface area (Å²) >= 11 is 0. The summed E-state index contributed by atoms with van der Waals surface area (Å²) in [6.07, 6.45) is 2.48. The lowest BCUT2D eigenvalue weighted by Crippen LogP contribution is -2.25. The summed E-state index contributed by atoms with van der Waals surface area (Å²) in [6, 6.07) is 11.0. The van der Waals surface area contributed by atoms with Gasteiger partial charge in [-0.1, -0.05) is 24.3 Å². The van der Waals surface area contributed by atoms with Gasteiger partial charge >= 0.3 is 0 Å². The average Bonchev–Trinajstić information content (AvgIpc) is 2.50. The zero-order chi connectivity index (χ0) is 16.2. The molecule has 2 aromatic rings. The Morgan fingerprint density at radius 2 is 1.82 bits per heavy atom. The SMILES string of the molecule is CN(C)c1cccc2c(S(=O)(=O)NCCCC=N)cccc12. The number of hydrogen-bond acceptors (Lipinski definition) is 4. The third-order valence-electron chi connectivity index (χ3n) is 3.45. The first kappa shape index (κ1) is 16.5. The summed E-state index contributed by atoms with van der Waals surface area (Å²) in [5.41, 5.74) is 0.985. The van der Waals surface area contributed by atoms with Gasteiger partial charge in [0.25, 0.3) is 0 Å². The van der Waals surface area contributed by atoms with Crippen LogP contribution in [0.1, 0.15) is 12.8 Å². The molecular weight excluding hydrogens is 298 g/mol. The Labute approximate surface area is 131 Å². The molecule has 5 nitrogen and oxygen atoms in total. The summed E-state index contributed by atoms with van der Waals surface area (Å²) < 4.78 is 27.6. The second-order valence-electron chi connectivity index (χ2n) is 5.27. The number of fused-ring (bicyclic) bond motifs is 1. The molecule has 0 heterocycles. The number of hydrogen-bond donors (Lipinski definition) is 2. The number of unbranched alkanes of at least 4 members (excludes halogenated alkanes) is 1. The topological polar surface area (TPSA) is 73.3 Å². The number of rotatable bonds is 7. The van der Waals surface area contributed by atoms with E-state index in [-0.39, 0.29) is 0 Å². The van der Waals surface area contributed by atoms with Crippen LogP contribution in [0.3, 0.4) is 0 Å². The third-order valence-corrected chi connectivity index (χ3v) is 4.97. The van der Waals surface area contributed by atoms with Gasteiger partial charge in [0.05, 0.1) is 4.90 Å². The van der Waals surface area contributed by atoms with E-state index in [0.717, 1.165) is 11.1 Å². The Morgan fingerprint density at radius 1 is 1.14 bits per heavy atom. The lowest BCUT2D eigenvalue weighted by Gasteiger charge is -2.17. The summed E-state index contributed by atoms with van der Waals surface area (Å²) in [7, 11) is 0.319. The Hall–Kier alpha value is -1.92. The first-order valence-electron chi connectivity index (χ1n) is 7.15. The minimum Gasteiger partial charge on any atom is -0.377 e. The van der Waals surface area contributed by atoms with Gasteiger partial charge in [0.2, 0.25) is 10.0 Å². The number of sulfonamides is 1. The van der Waals surface area contributed by atoms with Crippen LogP contribution >= 0.6 is 0 Å². The minimum absolute atomic E-state index is 0.295. The first-order chi connectivity index (χ1) is 10.5. The zero-order valence-electron chi connectivity index (χ0n) is 12.8. The maximum Gasteiger partial charge on any atom is 0.241 e. The lowest BCUT2D eigenvalue weighted by molar-refractivity contribution is 0.581. The standard InChI is InChI=1S/C16H21N3O2S/c1-19(2)15-9-5-8-14-13(15)7-6-10-16(14)22(20,21)18-12-4-3-11-17/h5-11,17-18H,3-4,12H2,1-2H3. The van der Waals surface area contributed by atoms with E-state index >= 15 is 0 Å². The van der Waals surface area contributed by atoms with Crippen LogP contribution in [0.4, 0.5) is 5.69 Å². The summed E-state index contributed by atoms with van der Waals surface area (Å²) in [5.74, 6) is 0. The fraction of sp³-hybridized carbons (Fsp3) is 0.312. The predicted molar refractivity (Wildman–Crippen MR) is 91.5 cm³/mol. The Bertz CT molecular complexity index is 770. The van der Waals surface area contributed by atoms with E-state index in [1.54, 1.807) is 12.1 Å². The third kappa shape index (κ3) is 3.45. The molecule has 0 aliphatic heterocycles. The molecule has 2 aromatic carbocycles. The van der Waals surface area contributed by atoms with Gasteiger partial charge in [-0.2, -0.15) is 0 Å². The molecule has 0 aliphatic carbocycles. The van der Waals surface area contributed by atoms with Crippen molar-refractivity contribution in [2.24, 2.45) is 0 Å². The predicted octanol–water partition coefficient (Wildman–Crippen LogP) is 2.61. The molecule has 0 fully saturated rings. The van der Waals surface area contributed by atoms with Crippen molar-refractivity contribution in [3.8, 4) is 0 Å². The smallest absolute Gasteiger partial charge is 0.241 e. The average molecular weight is 319 g/mol. The molecule has 0 aromatic heterocycles. The highest BCUT2D eigenvalue weighted by Gasteiger charge is 2.17. The fourth-order valence-corrected chi connectivity index (χ4v) is 3.67. The van der Waals surface area contributed by atoms with E-state index in [1.807, 2.05) is 43.3 Å². The van der Waals surface area contributed by atoms with Gasteiger partial charge in [-0.15, -0.1) is 0 Å². The van der Waals surface area contributed by atoms with Crippen LogP contribution in [0.25, 0.3) is 10.8 Å². The molecule has 0 saturated heterocycles. The maximum atomic E-state index is 12.5. The van der Waals surface area contributed by atoms with E-state index in [0.29, 0.717) is 29.7 Å². The summed E-state index contributed by atoms with van der Waals surface area (Å²) in [5, 5.41) is 8.59. The van der Waals surface area contributed by atoms with Crippen molar-refractivity contribution in [3.63, 3.8) is 0 Å². The highest BCUT2D eigenvalue weighted by molar-refractivity contribution is 7.89. The first-order valence-corrected chi connectivity index (χ1v) is 8.63. The highest BCUT2D eigenvalue weighted by atomic mass is 32.2. The molecule has 0 bridgehead atoms. The molecule has 0 aliphatic rings. The molecule has 0 saturated carbocycles. The summed E-state index contributed by atoms with van der Waals surface area (Å²) in [4.78, 5) is 2.26. The van der Waals surface area contributed by atoms with Crippen molar-refractivity contribution in [1.82, 2.24) is 4.72 Å². The highest BCUT2D eigenvalue weighted by Crippen LogP contribution is 2.29. The van der Waals surface area contributed by atoms with Crippen molar-refractivity contribution in [2.45, 2.75) is 17.7 Å². The van der Waals surface area contributed by atoms with Crippen molar-refractivity contribution in [2.75, 3.05) is 25.5 Å². The van der Waals surface area contributed by atoms with Crippen molar-refractivity contribution in [3.05, 3.63) is 36.4 Å². The lowest BCUT2D eigenvalue weighted by atomic mass is 10.1. The Balaban J connectivity index is 2.43. The van der Waals surface area contributed by atoms with Gasteiger partial charge in [-0.25, -0.2) is 13.1 Å². The van der Waals surface area contributed by atoms with Crippen LogP contribution in [0.15, 0.2) is 41.3 Å². The van der Waals surface area contributed by atoms with Crippen LogP contribution in [0.2, 0.25) is 0 Å². The van der Waals surface area contributed by atoms with Crippen LogP contribution < -0.4 is 9.62 Å².